The van der Waals surface area contributed by atoms with E-state index >= 15 is 0 Å². The summed E-state index contributed by atoms with van der Waals surface area (Å²) < 4.78 is 0. The van der Waals surface area contributed by atoms with E-state index in [9.17, 15) is 14.7 Å². The molecule has 1 aliphatic heterocycles. The number of aryl methyl sites for hydroxylation is 1. The number of nitrogens with zero attached hydrogens (tertiary/aromatic N) is 5. The van der Waals surface area contributed by atoms with E-state index in [0.29, 0.717) is 19.4 Å². The van der Waals surface area contributed by atoms with E-state index in [1.165, 1.54) is 9.70 Å². The molecule has 0 bridgehead atoms. The zero-order chi connectivity index (χ0) is 14.0. The number of carbonyl (C=O) groups excluding carboxylic acids is 1. The molecule has 1 aromatic rings. The molecule has 0 spiro atoms. The smallest absolute Gasteiger partial charge is 0.324 e. The van der Waals surface area contributed by atoms with Gasteiger partial charge < -0.3 is 10.0 Å². The lowest BCUT2D eigenvalue weighted by Crippen LogP contribution is -2.38. The summed E-state index contributed by atoms with van der Waals surface area (Å²) in [5.41, 5.74) is -0.840. The fraction of sp³-hybridized carbons (Fsp3) is 0.700. The number of anilines is 1. The molecule has 1 aromatic heterocycles. The van der Waals surface area contributed by atoms with E-state index in [1.807, 2.05) is 6.92 Å². The number of hydrogen-bond donors (Lipinski definition) is 2. The zero-order valence-electron chi connectivity index (χ0n) is 10.8. The topological polar surface area (TPSA) is 113 Å². The van der Waals surface area contributed by atoms with Crippen LogP contribution in [0.3, 0.4) is 0 Å². The fourth-order valence-corrected chi connectivity index (χ4v) is 2.17. The molecule has 1 fully saturated rings. The quantitative estimate of drug-likeness (QED) is 0.793. The number of tetrazole rings is 1. The van der Waals surface area contributed by atoms with Crippen molar-refractivity contribution in [3.8, 4) is 0 Å². The van der Waals surface area contributed by atoms with Crippen molar-refractivity contribution in [3.63, 3.8) is 0 Å². The van der Waals surface area contributed by atoms with E-state index in [4.69, 9.17) is 0 Å². The molecule has 2 N–H and O–H groups in total. The van der Waals surface area contributed by atoms with Crippen LogP contribution in [-0.2, 0) is 11.8 Å². The number of carbonyl (C=O) groups is 2. The summed E-state index contributed by atoms with van der Waals surface area (Å²) in [5, 5.41) is 22.8. The van der Waals surface area contributed by atoms with Gasteiger partial charge in [-0.25, -0.2) is 4.79 Å². The molecule has 1 atom stereocenters. The van der Waals surface area contributed by atoms with Gasteiger partial charge in [0, 0.05) is 13.1 Å². The molecule has 0 saturated carbocycles. The number of carboxylic acid groups (broad SMARTS) is 1. The minimum atomic E-state index is -0.858. The minimum Gasteiger partial charge on any atom is -0.481 e. The monoisotopic (exact) mass is 268 g/mol. The van der Waals surface area contributed by atoms with Crippen LogP contribution >= 0.6 is 0 Å². The summed E-state index contributed by atoms with van der Waals surface area (Å²) in [7, 11) is 1.59. The highest BCUT2D eigenvalue weighted by atomic mass is 16.4. The first-order valence-electron chi connectivity index (χ1n) is 6.00. The highest BCUT2D eigenvalue weighted by Gasteiger charge is 2.44. The molecule has 1 unspecified atom stereocenters. The van der Waals surface area contributed by atoms with Gasteiger partial charge in [0.2, 0.25) is 0 Å². The number of nitrogens with one attached hydrogen (secondary N) is 1. The Kier molecular flexibility index (Phi) is 3.36. The van der Waals surface area contributed by atoms with Crippen LogP contribution in [0.4, 0.5) is 10.7 Å². The number of rotatable bonds is 3. The Labute approximate surface area is 109 Å². The van der Waals surface area contributed by atoms with Crippen LogP contribution in [0.25, 0.3) is 0 Å². The van der Waals surface area contributed by atoms with Gasteiger partial charge >= 0.3 is 12.0 Å². The molecule has 2 amide bonds. The second kappa shape index (κ2) is 4.82. The van der Waals surface area contributed by atoms with Crippen LogP contribution < -0.4 is 5.32 Å². The molecule has 0 aromatic carbocycles. The van der Waals surface area contributed by atoms with Gasteiger partial charge in [-0.3, -0.25) is 10.1 Å². The molecule has 1 saturated heterocycles. The molecule has 9 nitrogen and oxygen atoms in total. The average molecular weight is 268 g/mol. The lowest BCUT2D eigenvalue weighted by atomic mass is 9.84. The molecule has 9 heteroatoms. The number of aromatic nitrogens is 4. The molecular weight excluding hydrogens is 252 g/mol. The lowest BCUT2D eigenvalue weighted by molar-refractivity contribution is -0.148. The van der Waals surface area contributed by atoms with Crippen molar-refractivity contribution in [2.24, 2.45) is 12.5 Å². The highest BCUT2D eigenvalue weighted by molar-refractivity contribution is 5.88. The predicted molar refractivity (Wildman–Crippen MR) is 64.4 cm³/mol. The van der Waals surface area contributed by atoms with Crippen LogP contribution in [0, 0.1) is 5.41 Å². The van der Waals surface area contributed by atoms with Gasteiger partial charge in [0.05, 0.1) is 12.5 Å². The standard InChI is InChI=1S/C10H16N6O3/c1-3-10(7(17)18)4-5-16(6-10)9(19)11-8-12-14-15(2)13-8/h3-6H2,1-2H3,(H,17,18)(H,11,13,19). The van der Waals surface area contributed by atoms with Crippen molar-refractivity contribution in [1.82, 2.24) is 25.1 Å². The number of aliphatic carboxylic acids is 1. The van der Waals surface area contributed by atoms with Crippen molar-refractivity contribution < 1.29 is 14.7 Å². The predicted octanol–water partition coefficient (Wildman–Crippen LogP) is -0.0713. The van der Waals surface area contributed by atoms with Crippen LogP contribution in [0.5, 0.6) is 0 Å². The molecule has 2 heterocycles. The maximum Gasteiger partial charge on any atom is 0.324 e. The Morgan fingerprint density at radius 1 is 1.53 bits per heavy atom. The van der Waals surface area contributed by atoms with E-state index < -0.39 is 17.4 Å². The number of carboxylic acids is 1. The Balaban J connectivity index is 2.00. The molecule has 19 heavy (non-hydrogen) atoms. The van der Waals surface area contributed by atoms with Crippen molar-refractivity contribution in [1.29, 1.82) is 0 Å². The molecular formula is C10H16N6O3. The lowest BCUT2D eigenvalue weighted by Gasteiger charge is -2.22. The van der Waals surface area contributed by atoms with Crippen molar-refractivity contribution in [3.05, 3.63) is 0 Å². The van der Waals surface area contributed by atoms with Gasteiger partial charge in [-0.2, -0.15) is 4.80 Å². The Morgan fingerprint density at radius 3 is 2.74 bits per heavy atom. The van der Waals surface area contributed by atoms with Gasteiger partial charge in [-0.05, 0) is 18.1 Å². The Hall–Kier alpha value is -2.19. The summed E-state index contributed by atoms with van der Waals surface area (Å²) in [6.45, 7) is 2.43. The number of likely N-dealkylation sites (tertiary alicyclic amines) is 1. The SMILES string of the molecule is CCC1(C(=O)O)CCN(C(=O)Nc2nnn(C)n2)C1. The third-order valence-electron chi connectivity index (χ3n) is 3.50. The first kappa shape index (κ1) is 13.2. The maximum absolute atomic E-state index is 12.0. The normalized spacial score (nSPS) is 22.5. The number of hydrogen-bond acceptors (Lipinski definition) is 5. The second-order valence-corrected chi connectivity index (χ2v) is 4.64. The van der Waals surface area contributed by atoms with Gasteiger partial charge in [-0.15, -0.1) is 5.10 Å². The summed E-state index contributed by atoms with van der Waals surface area (Å²) >= 11 is 0. The average Bonchev–Trinajstić information content (AvgIpc) is 2.96. The number of urea groups is 1. The van der Waals surface area contributed by atoms with Crippen molar-refractivity contribution in [2.45, 2.75) is 19.8 Å². The van der Waals surface area contributed by atoms with Crippen LogP contribution in [0.2, 0.25) is 0 Å². The summed E-state index contributed by atoms with van der Waals surface area (Å²) in [4.78, 5) is 25.9. The molecule has 2 rings (SSSR count). The summed E-state index contributed by atoms with van der Waals surface area (Å²) in [5.74, 6) is -0.750. The van der Waals surface area contributed by atoms with Crippen LogP contribution in [0.1, 0.15) is 19.8 Å². The Morgan fingerprint density at radius 2 is 2.26 bits per heavy atom. The van der Waals surface area contributed by atoms with Crippen LogP contribution in [0.15, 0.2) is 0 Å². The first-order valence-corrected chi connectivity index (χ1v) is 6.00. The summed E-state index contributed by atoms with van der Waals surface area (Å²) in [6, 6.07) is -0.399. The van der Waals surface area contributed by atoms with E-state index in [2.05, 4.69) is 20.7 Å². The molecule has 104 valence electrons. The van der Waals surface area contributed by atoms with Gasteiger partial charge in [-0.1, -0.05) is 12.0 Å². The van der Waals surface area contributed by atoms with Crippen molar-refractivity contribution in [2.75, 3.05) is 18.4 Å². The van der Waals surface area contributed by atoms with Gasteiger partial charge in [0.25, 0.3) is 5.95 Å². The molecule has 0 aliphatic carbocycles. The van der Waals surface area contributed by atoms with E-state index in [-0.39, 0.29) is 12.5 Å². The Bertz CT molecular complexity index is 501. The van der Waals surface area contributed by atoms with Crippen LogP contribution in [-0.4, -0.2) is 55.3 Å². The summed E-state index contributed by atoms with van der Waals surface area (Å²) in [6.07, 6.45) is 0.954. The van der Waals surface area contributed by atoms with Gasteiger partial charge in [0.15, 0.2) is 0 Å². The van der Waals surface area contributed by atoms with E-state index in [0.717, 1.165) is 0 Å². The third-order valence-corrected chi connectivity index (χ3v) is 3.50. The van der Waals surface area contributed by atoms with Crippen molar-refractivity contribution >= 4 is 17.9 Å². The highest BCUT2D eigenvalue weighted by Crippen LogP contribution is 2.34. The van der Waals surface area contributed by atoms with Gasteiger partial charge in [0.1, 0.15) is 0 Å². The molecule has 1 aliphatic rings. The molecule has 0 radical (unpaired) electrons. The second-order valence-electron chi connectivity index (χ2n) is 4.64. The zero-order valence-corrected chi connectivity index (χ0v) is 10.8. The first-order chi connectivity index (χ1) is 8.97. The fourth-order valence-electron chi connectivity index (χ4n) is 2.17. The third kappa shape index (κ3) is 2.49. The number of amides is 2. The largest absolute Gasteiger partial charge is 0.481 e. The maximum atomic E-state index is 12.0. The minimum absolute atomic E-state index is 0.108. The van der Waals surface area contributed by atoms with E-state index in [1.54, 1.807) is 7.05 Å².